The second-order valence-corrected chi connectivity index (χ2v) is 9.46. The highest BCUT2D eigenvalue weighted by Crippen LogP contribution is 2.49. The molecule has 1 aliphatic carbocycles. The first-order valence-corrected chi connectivity index (χ1v) is 12.0. The van der Waals surface area contributed by atoms with Crippen LogP contribution in [0, 0.1) is 11.3 Å². The van der Waals surface area contributed by atoms with Gasteiger partial charge in [-0.3, -0.25) is 9.69 Å². The first kappa shape index (κ1) is 24.3. The molecule has 36 heavy (non-hydrogen) atoms. The van der Waals surface area contributed by atoms with E-state index in [1.54, 1.807) is 23.1 Å². The smallest absolute Gasteiger partial charge is 0.417 e. The first-order valence-electron chi connectivity index (χ1n) is 11.6. The summed E-state index contributed by atoms with van der Waals surface area (Å²) in [5.74, 6) is 0.224. The lowest BCUT2D eigenvalue weighted by Gasteiger charge is -2.43. The van der Waals surface area contributed by atoms with Gasteiger partial charge in [0.25, 0.3) is 5.91 Å². The monoisotopic (exact) mass is 516 g/mol. The van der Waals surface area contributed by atoms with Crippen molar-refractivity contribution in [3.05, 3.63) is 47.5 Å². The Morgan fingerprint density at radius 3 is 2.53 bits per heavy atom. The maximum Gasteiger partial charge on any atom is 0.417 e. The van der Waals surface area contributed by atoms with Crippen molar-refractivity contribution < 1.29 is 27.8 Å². The Kier molecular flexibility index (Phi) is 5.84. The molecule has 1 N–H and O–H groups in total. The van der Waals surface area contributed by atoms with E-state index in [1.165, 1.54) is 6.07 Å². The van der Waals surface area contributed by atoms with Crippen molar-refractivity contribution in [1.29, 1.82) is 5.26 Å². The maximum atomic E-state index is 13.7. The fraction of sp³-hybridized carbons (Fsp3) is 0.400. The number of carbonyl (C=O) groups excluding carboxylic acids is 1. The summed E-state index contributed by atoms with van der Waals surface area (Å²) in [7, 11) is 0. The molecule has 2 heterocycles. The van der Waals surface area contributed by atoms with Gasteiger partial charge in [-0.1, -0.05) is 0 Å². The average Bonchev–Trinajstić information content (AvgIpc) is 3.08. The van der Waals surface area contributed by atoms with E-state index in [1.807, 2.05) is 13.0 Å². The van der Waals surface area contributed by atoms with Crippen LogP contribution in [0.5, 0.6) is 5.75 Å². The molecule has 188 valence electrons. The molecule has 2 aromatic rings. The van der Waals surface area contributed by atoms with Crippen molar-refractivity contribution in [2.45, 2.75) is 44.0 Å². The number of halogens is 3. The molecule has 7 nitrogen and oxygen atoms in total. The van der Waals surface area contributed by atoms with E-state index in [4.69, 9.17) is 22.2 Å². The lowest BCUT2D eigenvalue weighted by Crippen LogP contribution is -2.55. The fourth-order valence-electron chi connectivity index (χ4n) is 5.16. The Morgan fingerprint density at radius 1 is 1.22 bits per heavy atom. The Labute approximate surface area is 211 Å². The number of nitriles is 1. The highest BCUT2D eigenvalue weighted by atomic mass is 32.1. The molecule has 1 saturated heterocycles. The molecule has 1 saturated carbocycles. The maximum absolute atomic E-state index is 13.7. The van der Waals surface area contributed by atoms with Gasteiger partial charge in [-0.2, -0.15) is 18.4 Å². The Balaban J connectivity index is 1.57. The molecule has 2 aliphatic heterocycles. The molecule has 0 bridgehead atoms. The van der Waals surface area contributed by atoms with Gasteiger partial charge in [0.05, 0.1) is 41.7 Å². The number of hydrogen-bond donors (Lipinski definition) is 1. The zero-order chi connectivity index (χ0) is 25.8. The van der Waals surface area contributed by atoms with Gasteiger partial charge >= 0.3 is 6.18 Å². The van der Waals surface area contributed by atoms with Crippen LogP contribution in [0.3, 0.4) is 0 Å². The molecule has 1 atom stereocenters. The Hall–Kier alpha value is -3.36. The third kappa shape index (κ3) is 3.59. The third-order valence-corrected chi connectivity index (χ3v) is 7.49. The van der Waals surface area contributed by atoms with E-state index < -0.39 is 22.8 Å². The van der Waals surface area contributed by atoms with Crippen LogP contribution in [0.2, 0.25) is 0 Å². The van der Waals surface area contributed by atoms with Crippen molar-refractivity contribution >= 4 is 40.3 Å². The number of hydrogen-bond acceptors (Lipinski definition) is 6. The minimum atomic E-state index is -4.76. The standard InChI is InChI=1S/C25H23F3N4O3S/c1-2-30-13-18(14-33)35-21-7-6-17(11-20(21)30)32-23(36)31(22(34)24(32)8-3-9-24)16-5-4-15(12-29)19(10-16)25(26,27)28/h4-7,10-11,18,33H,2-3,8-9,13-14H2,1H3. The number of nitrogens with zero attached hydrogens (tertiary/aromatic N) is 4. The summed E-state index contributed by atoms with van der Waals surface area (Å²) in [6.07, 6.45) is -3.29. The quantitative estimate of drug-likeness (QED) is 0.610. The summed E-state index contributed by atoms with van der Waals surface area (Å²) in [6.45, 7) is 3.03. The predicted molar refractivity (Wildman–Crippen MR) is 131 cm³/mol. The number of fused-ring (bicyclic) bond motifs is 1. The van der Waals surface area contributed by atoms with Crippen LogP contribution in [0.15, 0.2) is 36.4 Å². The van der Waals surface area contributed by atoms with Gasteiger partial charge in [-0.05, 0) is 74.8 Å². The molecule has 11 heteroatoms. The van der Waals surface area contributed by atoms with Gasteiger partial charge < -0.3 is 19.6 Å². The van der Waals surface area contributed by atoms with E-state index in [2.05, 4.69) is 4.90 Å². The Morgan fingerprint density at radius 2 is 1.94 bits per heavy atom. The van der Waals surface area contributed by atoms with Crippen molar-refractivity contribution in [3.8, 4) is 11.8 Å². The van der Waals surface area contributed by atoms with E-state index in [-0.39, 0.29) is 29.4 Å². The van der Waals surface area contributed by atoms with Crippen LogP contribution in [0.25, 0.3) is 0 Å². The molecule has 2 aromatic carbocycles. The Bertz CT molecular complexity index is 1290. The highest BCUT2D eigenvalue weighted by molar-refractivity contribution is 7.81. The number of alkyl halides is 3. The zero-order valence-electron chi connectivity index (χ0n) is 19.4. The first-order chi connectivity index (χ1) is 17.1. The summed E-state index contributed by atoms with van der Waals surface area (Å²) in [5, 5.41) is 18.8. The van der Waals surface area contributed by atoms with E-state index in [0.717, 1.165) is 29.1 Å². The topological polar surface area (TPSA) is 80.0 Å². The van der Waals surface area contributed by atoms with Crippen molar-refractivity contribution in [3.63, 3.8) is 0 Å². The van der Waals surface area contributed by atoms with E-state index in [0.29, 0.717) is 37.4 Å². The number of ether oxygens (including phenoxy) is 1. The summed E-state index contributed by atoms with van der Waals surface area (Å²) in [4.78, 5) is 18.7. The van der Waals surface area contributed by atoms with Crippen LogP contribution >= 0.6 is 12.2 Å². The molecule has 0 radical (unpaired) electrons. The molecule has 1 spiro atoms. The van der Waals surface area contributed by atoms with Crippen LogP contribution in [-0.4, -0.2) is 47.5 Å². The van der Waals surface area contributed by atoms with Crippen molar-refractivity contribution in [2.75, 3.05) is 34.4 Å². The van der Waals surface area contributed by atoms with Crippen LogP contribution in [0.1, 0.15) is 37.3 Å². The van der Waals surface area contributed by atoms with Gasteiger partial charge in [-0.25, -0.2) is 0 Å². The number of aliphatic hydroxyl groups excluding tert-OH is 1. The number of likely N-dealkylation sites (N-methyl/N-ethyl adjacent to an activating group) is 1. The molecule has 2 fully saturated rings. The molecule has 3 aliphatic rings. The van der Waals surface area contributed by atoms with Gasteiger partial charge in [0.15, 0.2) is 5.11 Å². The van der Waals surface area contributed by atoms with Gasteiger partial charge in [-0.15, -0.1) is 0 Å². The summed E-state index contributed by atoms with van der Waals surface area (Å²) in [6, 6.07) is 10.2. The fourth-order valence-corrected chi connectivity index (χ4v) is 5.63. The van der Waals surface area contributed by atoms with E-state index in [9.17, 15) is 23.1 Å². The number of carbonyl (C=O) groups is 1. The van der Waals surface area contributed by atoms with Crippen molar-refractivity contribution in [1.82, 2.24) is 0 Å². The predicted octanol–water partition coefficient (Wildman–Crippen LogP) is 4.22. The third-order valence-electron chi connectivity index (χ3n) is 7.12. The minimum Gasteiger partial charge on any atom is -0.484 e. The number of anilines is 3. The highest BCUT2D eigenvalue weighted by Gasteiger charge is 2.59. The average molecular weight is 517 g/mol. The van der Waals surface area contributed by atoms with Crippen molar-refractivity contribution in [2.24, 2.45) is 0 Å². The van der Waals surface area contributed by atoms with Gasteiger partial charge in [0.1, 0.15) is 17.4 Å². The van der Waals surface area contributed by atoms with Gasteiger partial charge in [0.2, 0.25) is 0 Å². The number of amides is 1. The number of aliphatic hydroxyl groups is 1. The normalized spacial score (nSPS) is 20.8. The number of thiocarbonyl (C=S) groups is 1. The van der Waals surface area contributed by atoms with Crippen LogP contribution < -0.4 is 19.4 Å². The second kappa shape index (κ2) is 8.64. The molecule has 1 unspecified atom stereocenters. The van der Waals surface area contributed by atoms with Crippen LogP contribution in [-0.2, 0) is 11.0 Å². The molecule has 0 aromatic heterocycles. The SMILES string of the molecule is CCN1CC(CO)Oc2ccc(N3C(=S)N(c4ccc(C#N)c(C(F)(F)F)c4)C(=O)C34CCC4)cc21. The minimum absolute atomic E-state index is 0.0210. The number of rotatable bonds is 4. The lowest BCUT2D eigenvalue weighted by molar-refractivity contribution is -0.137. The number of benzene rings is 2. The summed E-state index contributed by atoms with van der Waals surface area (Å²) >= 11 is 5.71. The lowest BCUT2D eigenvalue weighted by atomic mass is 9.75. The molecule has 1 amide bonds. The second-order valence-electron chi connectivity index (χ2n) is 9.10. The van der Waals surface area contributed by atoms with Crippen LogP contribution in [0.4, 0.5) is 30.2 Å². The summed E-state index contributed by atoms with van der Waals surface area (Å²) < 4.78 is 46.7. The largest absolute Gasteiger partial charge is 0.484 e. The molecular formula is C25H23F3N4O3S. The summed E-state index contributed by atoms with van der Waals surface area (Å²) in [5.41, 5.74) is -1.19. The molecular weight excluding hydrogens is 493 g/mol. The molecule has 5 rings (SSSR count). The van der Waals surface area contributed by atoms with E-state index >= 15 is 0 Å². The zero-order valence-corrected chi connectivity index (χ0v) is 20.2. The van der Waals surface area contributed by atoms with Gasteiger partial charge in [0, 0.05) is 12.2 Å².